The van der Waals surface area contributed by atoms with Crippen molar-refractivity contribution in [2.24, 2.45) is 0 Å². The molecule has 20 heavy (non-hydrogen) atoms. The lowest BCUT2D eigenvalue weighted by Gasteiger charge is -2.29. The lowest BCUT2D eigenvalue weighted by molar-refractivity contribution is 0.716. The minimum atomic E-state index is 0.592. The predicted molar refractivity (Wildman–Crippen MR) is 84.8 cm³/mol. The van der Waals surface area contributed by atoms with Crippen LogP contribution in [0.25, 0.3) is 0 Å². The molecule has 0 amide bonds. The van der Waals surface area contributed by atoms with Crippen molar-refractivity contribution in [2.75, 3.05) is 11.4 Å². The summed E-state index contributed by atoms with van der Waals surface area (Å²) in [4.78, 5) is 13.0. The van der Waals surface area contributed by atoms with Gasteiger partial charge in [0, 0.05) is 30.0 Å². The molecular formula is C15H18ClN3S. The van der Waals surface area contributed by atoms with Crippen LogP contribution in [0.15, 0.2) is 11.4 Å². The molecule has 1 aliphatic rings. The fraction of sp³-hybridized carbons (Fsp3) is 0.467. The van der Waals surface area contributed by atoms with Crippen LogP contribution < -0.4 is 4.90 Å². The fourth-order valence-electron chi connectivity index (χ4n) is 2.59. The Labute approximate surface area is 128 Å². The fourth-order valence-corrected chi connectivity index (χ4v) is 3.66. The first kappa shape index (κ1) is 13.8. The number of nitrogens with zero attached hydrogens (tertiary/aromatic N) is 3. The summed E-state index contributed by atoms with van der Waals surface area (Å²) in [5.74, 6) is 1.86. The maximum atomic E-state index is 6.28. The zero-order valence-corrected chi connectivity index (χ0v) is 13.4. The van der Waals surface area contributed by atoms with Crippen molar-refractivity contribution in [3.05, 3.63) is 38.4 Å². The molecule has 106 valence electrons. The van der Waals surface area contributed by atoms with Crippen LogP contribution in [-0.4, -0.2) is 16.5 Å². The topological polar surface area (TPSA) is 29.0 Å². The van der Waals surface area contributed by atoms with Crippen LogP contribution in [0.4, 0.5) is 5.82 Å². The monoisotopic (exact) mass is 307 g/mol. The van der Waals surface area contributed by atoms with Gasteiger partial charge < -0.3 is 4.90 Å². The largest absolute Gasteiger partial charge is 0.352 e. The number of thiophene rings is 1. The number of hydrogen-bond donors (Lipinski definition) is 0. The first-order chi connectivity index (χ1) is 9.69. The molecular weight excluding hydrogens is 290 g/mol. The van der Waals surface area contributed by atoms with Gasteiger partial charge in [0.1, 0.15) is 16.8 Å². The van der Waals surface area contributed by atoms with Crippen LogP contribution in [0, 0.1) is 6.92 Å². The van der Waals surface area contributed by atoms with E-state index < -0.39 is 0 Å². The standard InChI is InChI=1S/C15H18ClN3S/c1-3-4-13-17-14(16)10(2)15(18-13)19-7-5-12-11(9-19)6-8-20-12/h6,8H,3-5,7,9H2,1-2H3. The summed E-state index contributed by atoms with van der Waals surface area (Å²) in [7, 11) is 0. The van der Waals surface area contributed by atoms with E-state index in [0.29, 0.717) is 5.15 Å². The lowest BCUT2D eigenvalue weighted by Crippen LogP contribution is -2.31. The average molecular weight is 308 g/mol. The molecule has 0 saturated carbocycles. The first-order valence-electron chi connectivity index (χ1n) is 7.02. The highest BCUT2D eigenvalue weighted by molar-refractivity contribution is 7.10. The van der Waals surface area contributed by atoms with Crippen LogP contribution in [0.1, 0.15) is 35.2 Å². The molecule has 1 aliphatic heterocycles. The maximum Gasteiger partial charge on any atom is 0.137 e. The number of aromatic nitrogens is 2. The second-order valence-electron chi connectivity index (χ2n) is 5.17. The number of fused-ring (bicyclic) bond motifs is 1. The van der Waals surface area contributed by atoms with Gasteiger partial charge in [0.05, 0.1) is 0 Å². The number of hydrogen-bond acceptors (Lipinski definition) is 4. The molecule has 0 fully saturated rings. The van der Waals surface area contributed by atoms with E-state index in [9.17, 15) is 0 Å². The van der Waals surface area contributed by atoms with Gasteiger partial charge in [-0.15, -0.1) is 11.3 Å². The Bertz CT molecular complexity index is 624. The Kier molecular flexibility index (Phi) is 3.94. The highest BCUT2D eigenvalue weighted by Crippen LogP contribution is 2.30. The van der Waals surface area contributed by atoms with Gasteiger partial charge >= 0.3 is 0 Å². The van der Waals surface area contributed by atoms with Crippen LogP contribution in [0.3, 0.4) is 0 Å². The lowest BCUT2D eigenvalue weighted by atomic mass is 10.1. The zero-order chi connectivity index (χ0) is 14.1. The molecule has 0 aromatic carbocycles. The van der Waals surface area contributed by atoms with Gasteiger partial charge in [0.2, 0.25) is 0 Å². The molecule has 2 aromatic heterocycles. The van der Waals surface area contributed by atoms with Crippen molar-refractivity contribution < 1.29 is 0 Å². The Morgan fingerprint density at radius 2 is 2.25 bits per heavy atom. The molecule has 2 aromatic rings. The molecule has 0 unspecified atom stereocenters. The highest BCUT2D eigenvalue weighted by Gasteiger charge is 2.21. The van der Waals surface area contributed by atoms with Crippen molar-refractivity contribution in [1.29, 1.82) is 0 Å². The van der Waals surface area contributed by atoms with E-state index >= 15 is 0 Å². The van der Waals surface area contributed by atoms with E-state index in [1.54, 1.807) is 0 Å². The maximum absolute atomic E-state index is 6.28. The van der Waals surface area contributed by atoms with Crippen molar-refractivity contribution in [3.63, 3.8) is 0 Å². The summed E-state index contributed by atoms with van der Waals surface area (Å²) in [6.45, 7) is 6.08. The molecule has 0 atom stereocenters. The second kappa shape index (κ2) is 5.70. The van der Waals surface area contributed by atoms with Gasteiger partial charge in [0.15, 0.2) is 0 Å². The quantitative estimate of drug-likeness (QED) is 0.802. The summed E-state index contributed by atoms with van der Waals surface area (Å²) in [5.41, 5.74) is 2.41. The molecule has 3 rings (SSSR count). The normalized spacial score (nSPS) is 14.4. The third-order valence-corrected chi connectivity index (χ3v) is 5.08. The number of anilines is 1. The van der Waals surface area contributed by atoms with E-state index in [4.69, 9.17) is 16.6 Å². The molecule has 0 radical (unpaired) electrons. The van der Waals surface area contributed by atoms with Gasteiger partial charge in [-0.1, -0.05) is 18.5 Å². The van der Waals surface area contributed by atoms with Gasteiger partial charge in [-0.3, -0.25) is 0 Å². The summed E-state index contributed by atoms with van der Waals surface area (Å²) in [6.07, 6.45) is 3.01. The van der Waals surface area contributed by atoms with E-state index in [1.165, 1.54) is 10.4 Å². The van der Waals surface area contributed by atoms with Crippen molar-refractivity contribution in [3.8, 4) is 0 Å². The van der Waals surface area contributed by atoms with Gasteiger partial charge in [0.25, 0.3) is 0 Å². The van der Waals surface area contributed by atoms with Crippen molar-refractivity contribution >= 4 is 28.8 Å². The Hall–Kier alpha value is -1.13. The van der Waals surface area contributed by atoms with E-state index in [2.05, 4.69) is 28.3 Å². The Balaban J connectivity index is 1.94. The minimum absolute atomic E-state index is 0.592. The molecule has 3 heterocycles. The van der Waals surface area contributed by atoms with Crippen LogP contribution in [0.2, 0.25) is 5.15 Å². The highest BCUT2D eigenvalue weighted by atomic mass is 35.5. The smallest absolute Gasteiger partial charge is 0.137 e. The molecule has 3 nitrogen and oxygen atoms in total. The molecule has 0 aliphatic carbocycles. The van der Waals surface area contributed by atoms with Gasteiger partial charge in [-0.2, -0.15) is 0 Å². The van der Waals surface area contributed by atoms with Gasteiger partial charge in [-0.25, -0.2) is 9.97 Å². The van der Waals surface area contributed by atoms with E-state index in [1.807, 2.05) is 18.3 Å². The molecule has 0 bridgehead atoms. The first-order valence-corrected chi connectivity index (χ1v) is 8.28. The SMILES string of the molecule is CCCc1nc(Cl)c(C)c(N2CCc3sccc3C2)n1. The number of halogens is 1. The average Bonchev–Trinajstić information content (AvgIpc) is 2.90. The predicted octanol–water partition coefficient (Wildman–Crippen LogP) is 4.02. The second-order valence-corrected chi connectivity index (χ2v) is 6.53. The number of rotatable bonds is 3. The van der Waals surface area contributed by atoms with Crippen LogP contribution >= 0.6 is 22.9 Å². The van der Waals surface area contributed by atoms with E-state index in [-0.39, 0.29) is 0 Å². The van der Waals surface area contributed by atoms with Crippen LogP contribution in [0.5, 0.6) is 0 Å². The molecule has 0 spiro atoms. The minimum Gasteiger partial charge on any atom is -0.352 e. The number of aryl methyl sites for hydroxylation is 1. The Morgan fingerprint density at radius 3 is 3.05 bits per heavy atom. The summed E-state index contributed by atoms with van der Waals surface area (Å²) < 4.78 is 0. The summed E-state index contributed by atoms with van der Waals surface area (Å²) >= 11 is 8.13. The van der Waals surface area contributed by atoms with Gasteiger partial charge in [-0.05, 0) is 36.8 Å². The molecule has 0 N–H and O–H groups in total. The third-order valence-electron chi connectivity index (χ3n) is 3.69. The summed E-state index contributed by atoms with van der Waals surface area (Å²) in [5, 5.41) is 2.77. The molecule has 0 saturated heterocycles. The zero-order valence-electron chi connectivity index (χ0n) is 11.8. The van der Waals surface area contributed by atoms with Crippen molar-refractivity contribution in [2.45, 2.75) is 39.7 Å². The molecule has 5 heteroatoms. The van der Waals surface area contributed by atoms with E-state index in [0.717, 1.165) is 49.6 Å². The summed E-state index contributed by atoms with van der Waals surface area (Å²) in [6, 6.07) is 2.22. The third kappa shape index (κ3) is 2.54. The Morgan fingerprint density at radius 1 is 1.40 bits per heavy atom. The van der Waals surface area contributed by atoms with Crippen molar-refractivity contribution in [1.82, 2.24) is 9.97 Å². The van der Waals surface area contributed by atoms with Crippen LogP contribution in [-0.2, 0) is 19.4 Å².